The van der Waals surface area contributed by atoms with Crippen LogP contribution in [-0.4, -0.2) is 33.9 Å². The summed E-state index contributed by atoms with van der Waals surface area (Å²) in [6.07, 6.45) is 6.67. The van der Waals surface area contributed by atoms with Crippen LogP contribution in [0.3, 0.4) is 0 Å². The van der Waals surface area contributed by atoms with E-state index in [9.17, 15) is 4.79 Å². The van der Waals surface area contributed by atoms with Crippen LogP contribution >= 0.6 is 0 Å². The van der Waals surface area contributed by atoms with Crippen LogP contribution in [0.4, 0.5) is 17.5 Å². The van der Waals surface area contributed by atoms with E-state index in [0.29, 0.717) is 19.0 Å². The zero-order chi connectivity index (χ0) is 24.0. The minimum Gasteiger partial charge on any atom is -0.444 e. The fourth-order valence-corrected chi connectivity index (χ4v) is 4.23. The third-order valence-corrected chi connectivity index (χ3v) is 6.20. The van der Waals surface area contributed by atoms with Gasteiger partial charge in [-0.3, -0.25) is 4.79 Å². The van der Waals surface area contributed by atoms with Gasteiger partial charge in [0.2, 0.25) is 11.9 Å². The molecule has 3 heterocycles. The Bertz CT molecular complexity index is 1260. The number of anilines is 3. The number of piperidine rings is 1. The van der Waals surface area contributed by atoms with Gasteiger partial charge in [-0.1, -0.05) is 29.8 Å². The lowest BCUT2D eigenvalue weighted by Crippen LogP contribution is -2.43. The summed E-state index contributed by atoms with van der Waals surface area (Å²) in [6, 6.07) is 17.9. The zero-order valence-electron chi connectivity index (χ0n) is 19.6. The van der Waals surface area contributed by atoms with E-state index in [1.54, 1.807) is 12.4 Å². The van der Waals surface area contributed by atoms with E-state index in [1.165, 1.54) is 12.0 Å². The lowest BCUT2D eigenvalue weighted by molar-refractivity contribution is -0.125. The van der Waals surface area contributed by atoms with Crippen LogP contribution in [0.2, 0.25) is 0 Å². The molecule has 1 atom stereocenters. The van der Waals surface area contributed by atoms with Gasteiger partial charge in [0, 0.05) is 37.1 Å². The van der Waals surface area contributed by atoms with Crippen LogP contribution in [0.15, 0.2) is 77.8 Å². The number of carbonyl (C=O) groups is 1. The molecule has 0 radical (unpaired) electrons. The summed E-state index contributed by atoms with van der Waals surface area (Å²) in [5.74, 6) is 2.08. The number of aromatic nitrogens is 3. The summed E-state index contributed by atoms with van der Waals surface area (Å²) in [7, 11) is 0. The van der Waals surface area contributed by atoms with Crippen LogP contribution in [0.1, 0.15) is 24.0 Å². The number of aryl methyl sites for hydroxylation is 1. The number of amides is 1. The molecule has 1 aliphatic rings. The van der Waals surface area contributed by atoms with E-state index in [1.807, 2.05) is 30.3 Å². The fourth-order valence-electron chi connectivity index (χ4n) is 4.23. The van der Waals surface area contributed by atoms with Gasteiger partial charge < -0.3 is 20.0 Å². The predicted molar refractivity (Wildman–Crippen MR) is 135 cm³/mol. The molecule has 2 aromatic heterocycles. The normalized spacial score (nSPS) is 15.6. The number of hydrogen-bond donors (Lipinski definition) is 2. The highest BCUT2D eigenvalue weighted by Gasteiger charge is 2.26. The fraction of sp³-hybridized carbons (Fsp3) is 0.259. The van der Waals surface area contributed by atoms with Crippen LogP contribution in [0.5, 0.6) is 0 Å². The Morgan fingerprint density at radius 3 is 2.71 bits per heavy atom. The Hall–Kier alpha value is -4.20. The maximum Gasteiger partial charge on any atom is 0.229 e. The van der Waals surface area contributed by atoms with Crippen molar-refractivity contribution in [3.63, 3.8) is 0 Å². The average molecular weight is 469 g/mol. The quantitative estimate of drug-likeness (QED) is 0.405. The van der Waals surface area contributed by atoms with E-state index < -0.39 is 0 Å². The smallest absolute Gasteiger partial charge is 0.229 e. The van der Waals surface area contributed by atoms with Crippen molar-refractivity contribution in [2.45, 2.75) is 26.3 Å². The molecule has 1 unspecified atom stereocenters. The van der Waals surface area contributed by atoms with E-state index in [2.05, 4.69) is 56.7 Å². The molecule has 0 saturated carbocycles. The van der Waals surface area contributed by atoms with E-state index in [4.69, 9.17) is 9.40 Å². The first-order valence-corrected chi connectivity index (χ1v) is 11.8. The van der Waals surface area contributed by atoms with Crippen molar-refractivity contribution in [2.24, 2.45) is 5.92 Å². The van der Waals surface area contributed by atoms with Crippen molar-refractivity contribution >= 4 is 23.4 Å². The second kappa shape index (κ2) is 10.4. The molecule has 2 N–H and O–H groups in total. The maximum atomic E-state index is 12.8. The van der Waals surface area contributed by atoms with Crippen molar-refractivity contribution in [3.8, 4) is 11.3 Å². The largest absolute Gasteiger partial charge is 0.444 e. The minimum absolute atomic E-state index is 0.0655. The summed E-state index contributed by atoms with van der Waals surface area (Å²) in [5.41, 5.74) is 4.14. The van der Waals surface area contributed by atoms with E-state index in [0.717, 1.165) is 47.8 Å². The monoisotopic (exact) mass is 468 g/mol. The van der Waals surface area contributed by atoms with Crippen molar-refractivity contribution < 1.29 is 9.21 Å². The number of nitrogens with one attached hydrogen (secondary N) is 2. The molecule has 2 aromatic carbocycles. The van der Waals surface area contributed by atoms with Crippen LogP contribution in [-0.2, 0) is 11.3 Å². The molecule has 8 heteroatoms. The highest BCUT2D eigenvalue weighted by atomic mass is 16.3. The zero-order valence-corrected chi connectivity index (χ0v) is 19.6. The van der Waals surface area contributed by atoms with Crippen molar-refractivity contribution in [1.29, 1.82) is 0 Å². The molecule has 1 saturated heterocycles. The number of rotatable bonds is 7. The number of oxazole rings is 1. The first-order chi connectivity index (χ1) is 17.1. The number of carbonyl (C=O) groups excluding carboxylic acids is 1. The van der Waals surface area contributed by atoms with Crippen LogP contribution in [0, 0.1) is 12.8 Å². The SMILES string of the molecule is Cc1ccc(CNC(=O)C2CCCN(c3ccnc(Nc4ccc(-c5cnco5)cc4)n3)C2)cc1. The maximum absolute atomic E-state index is 12.8. The van der Waals surface area contributed by atoms with Gasteiger partial charge >= 0.3 is 0 Å². The summed E-state index contributed by atoms with van der Waals surface area (Å²) >= 11 is 0. The van der Waals surface area contributed by atoms with Gasteiger partial charge in [-0.05, 0) is 55.7 Å². The summed E-state index contributed by atoms with van der Waals surface area (Å²) < 4.78 is 5.34. The number of nitrogens with zero attached hydrogens (tertiary/aromatic N) is 4. The third kappa shape index (κ3) is 5.66. The molecular formula is C27H28N6O2. The average Bonchev–Trinajstić information content (AvgIpc) is 3.44. The molecule has 5 rings (SSSR count). The molecule has 1 aliphatic heterocycles. The lowest BCUT2D eigenvalue weighted by Gasteiger charge is -2.33. The predicted octanol–water partition coefficient (Wildman–Crippen LogP) is 4.72. The summed E-state index contributed by atoms with van der Waals surface area (Å²) in [4.78, 5) is 28.0. The van der Waals surface area contributed by atoms with Crippen LogP contribution < -0.4 is 15.5 Å². The van der Waals surface area contributed by atoms with Crippen molar-refractivity contribution in [1.82, 2.24) is 20.3 Å². The molecule has 1 amide bonds. The van der Waals surface area contributed by atoms with Gasteiger partial charge in [0.15, 0.2) is 12.2 Å². The van der Waals surface area contributed by atoms with Gasteiger partial charge in [-0.15, -0.1) is 0 Å². The Morgan fingerprint density at radius 1 is 1.11 bits per heavy atom. The molecule has 178 valence electrons. The molecular weight excluding hydrogens is 440 g/mol. The van der Waals surface area contributed by atoms with Gasteiger partial charge in [0.1, 0.15) is 5.82 Å². The minimum atomic E-state index is -0.0655. The number of benzene rings is 2. The standard InChI is InChI=1S/C27H28N6O2/c1-19-4-6-20(7-5-19)15-30-26(34)22-3-2-14-33(17-22)25-12-13-29-27(32-25)31-23-10-8-21(9-11-23)24-16-28-18-35-24/h4-13,16,18,22H,2-3,14-15,17H2,1H3,(H,30,34)(H,29,31,32). The first-order valence-electron chi connectivity index (χ1n) is 11.8. The summed E-state index contributed by atoms with van der Waals surface area (Å²) in [5, 5.41) is 6.36. The summed E-state index contributed by atoms with van der Waals surface area (Å²) in [6.45, 7) is 4.11. The molecule has 4 aromatic rings. The molecule has 0 aliphatic carbocycles. The second-order valence-electron chi connectivity index (χ2n) is 8.80. The highest BCUT2D eigenvalue weighted by molar-refractivity contribution is 5.79. The molecule has 0 spiro atoms. The number of hydrogen-bond acceptors (Lipinski definition) is 7. The Labute approximate surface area is 204 Å². The Morgan fingerprint density at radius 2 is 1.94 bits per heavy atom. The molecule has 35 heavy (non-hydrogen) atoms. The van der Waals surface area contributed by atoms with E-state index in [-0.39, 0.29) is 11.8 Å². The first kappa shape index (κ1) is 22.6. The van der Waals surface area contributed by atoms with E-state index >= 15 is 0 Å². The van der Waals surface area contributed by atoms with Gasteiger partial charge in [0.05, 0.1) is 12.1 Å². The van der Waals surface area contributed by atoms with Crippen LogP contribution in [0.25, 0.3) is 11.3 Å². The third-order valence-electron chi connectivity index (χ3n) is 6.20. The van der Waals surface area contributed by atoms with Gasteiger partial charge in [0.25, 0.3) is 0 Å². The Balaban J connectivity index is 1.20. The van der Waals surface area contributed by atoms with Crippen molar-refractivity contribution in [3.05, 3.63) is 84.5 Å². The molecule has 1 fully saturated rings. The van der Waals surface area contributed by atoms with Gasteiger partial charge in [-0.25, -0.2) is 9.97 Å². The molecule has 8 nitrogen and oxygen atoms in total. The lowest BCUT2D eigenvalue weighted by atomic mass is 9.97. The van der Waals surface area contributed by atoms with Crippen molar-refractivity contribution in [2.75, 3.05) is 23.3 Å². The van der Waals surface area contributed by atoms with Gasteiger partial charge in [-0.2, -0.15) is 4.98 Å². The second-order valence-corrected chi connectivity index (χ2v) is 8.80. The molecule has 0 bridgehead atoms. The highest BCUT2D eigenvalue weighted by Crippen LogP contribution is 2.25. The Kier molecular flexibility index (Phi) is 6.70. The topological polar surface area (TPSA) is 96.2 Å².